The van der Waals surface area contributed by atoms with E-state index in [1.54, 1.807) is 7.05 Å². The van der Waals surface area contributed by atoms with Crippen LogP contribution in [0.3, 0.4) is 0 Å². The van der Waals surface area contributed by atoms with E-state index in [1.165, 1.54) is 25.3 Å². The van der Waals surface area contributed by atoms with Crippen molar-refractivity contribution in [1.29, 1.82) is 0 Å². The minimum atomic E-state index is -0.476. The van der Waals surface area contributed by atoms with E-state index >= 15 is 0 Å². The lowest BCUT2D eigenvalue weighted by atomic mass is 9.96. The molecule has 4 nitrogen and oxygen atoms in total. The Balaban J connectivity index is 2.11. The molecule has 0 aromatic carbocycles. The number of aromatic nitrogens is 1. The van der Waals surface area contributed by atoms with Crippen LogP contribution in [-0.4, -0.2) is 35.9 Å². The molecule has 0 aliphatic carbocycles. The zero-order valence-electron chi connectivity index (χ0n) is 12.9. The molecule has 1 aliphatic rings. The van der Waals surface area contributed by atoms with E-state index in [4.69, 9.17) is 0 Å². The van der Waals surface area contributed by atoms with E-state index in [0.717, 1.165) is 32.1 Å². The van der Waals surface area contributed by atoms with Gasteiger partial charge in [-0.1, -0.05) is 19.8 Å². The number of nitrogens with one attached hydrogen (secondary N) is 1. The van der Waals surface area contributed by atoms with E-state index in [0.29, 0.717) is 17.3 Å². The van der Waals surface area contributed by atoms with Crippen molar-refractivity contribution in [2.24, 2.45) is 5.92 Å². The molecule has 1 N–H and O–H groups in total. The second kappa shape index (κ2) is 7.38. The van der Waals surface area contributed by atoms with Gasteiger partial charge in [-0.25, -0.2) is 9.37 Å². The minimum absolute atomic E-state index is 0.122. The number of anilines is 1. The van der Waals surface area contributed by atoms with Crippen LogP contribution in [-0.2, 0) is 0 Å². The monoisotopic (exact) mass is 293 g/mol. The average Bonchev–Trinajstić information content (AvgIpc) is 2.72. The Morgan fingerprint density at radius 2 is 2.29 bits per heavy atom. The summed E-state index contributed by atoms with van der Waals surface area (Å²) in [6, 6.07) is 1.27. The fourth-order valence-corrected chi connectivity index (χ4v) is 3.04. The van der Waals surface area contributed by atoms with Gasteiger partial charge in [-0.2, -0.15) is 0 Å². The summed E-state index contributed by atoms with van der Waals surface area (Å²) in [7, 11) is 1.69. The highest BCUT2D eigenvalue weighted by Gasteiger charge is 2.23. The molecular formula is C16H24FN3O. The first-order valence-electron chi connectivity index (χ1n) is 7.78. The summed E-state index contributed by atoms with van der Waals surface area (Å²) < 4.78 is 13.4. The van der Waals surface area contributed by atoms with Crippen molar-refractivity contribution in [2.45, 2.75) is 39.0 Å². The molecule has 1 amide bonds. The molecule has 1 aliphatic heterocycles. The highest BCUT2D eigenvalue weighted by Crippen LogP contribution is 2.24. The molecule has 1 atom stereocenters. The van der Waals surface area contributed by atoms with Gasteiger partial charge >= 0.3 is 0 Å². The van der Waals surface area contributed by atoms with E-state index in [2.05, 4.69) is 17.2 Å². The smallest absolute Gasteiger partial charge is 0.257 e. The summed E-state index contributed by atoms with van der Waals surface area (Å²) >= 11 is 0. The van der Waals surface area contributed by atoms with E-state index in [1.807, 2.05) is 4.90 Å². The molecule has 1 fully saturated rings. The Morgan fingerprint density at radius 3 is 3.00 bits per heavy atom. The van der Waals surface area contributed by atoms with Crippen LogP contribution in [0.5, 0.6) is 0 Å². The lowest BCUT2D eigenvalue weighted by Crippen LogP contribution is -2.32. The summed E-state index contributed by atoms with van der Waals surface area (Å²) in [6.45, 7) is 3.70. The first-order valence-corrected chi connectivity index (χ1v) is 7.78. The maximum absolute atomic E-state index is 13.4. The van der Waals surface area contributed by atoms with E-state index < -0.39 is 5.82 Å². The number of likely N-dealkylation sites (tertiary alicyclic amines) is 1. The van der Waals surface area contributed by atoms with Crippen molar-refractivity contribution < 1.29 is 9.18 Å². The van der Waals surface area contributed by atoms with Gasteiger partial charge in [-0.15, -0.1) is 0 Å². The summed E-state index contributed by atoms with van der Waals surface area (Å²) in [4.78, 5) is 18.4. The van der Waals surface area contributed by atoms with Crippen LogP contribution in [0.2, 0.25) is 0 Å². The molecule has 0 bridgehead atoms. The molecule has 5 heteroatoms. The minimum Gasteiger partial charge on any atom is -0.372 e. The largest absolute Gasteiger partial charge is 0.372 e. The topological polar surface area (TPSA) is 45.2 Å². The third-order valence-electron chi connectivity index (χ3n) is 4.15. The van der Waals surface area contributed by atoms with Gasteiger partial charge in [0.25, 0.3) is 5.91 Å². The number of rotatable bonds is 4. The predicted octanol–water partition coefficient (Wildman–Crippen LogP) is 3.30. The lowest BCUT2D eigenvalue weighted by Gasteiger charge is -2.21. The first-order chi connectivity index (χ1) is 10.2. The molecule has 2 heterocycles. The van der Waals surface area contributed by atoms with Crippen LogP contribution in [0.15, 0.2) is 12.3 Å². The molecule has 1 saturated heterocycles. The Bertz CT molecular complexity index is 492. The van der Waals surface area contributed by atoms with Crippen molar-refractivity contribution in [3.8, 4) is 0 Å². The highest BCUT2D eigenvalue weighted by atomic mass is 19.1. The van der Waals surface area contributed by atoms with Crippen molar-refractivity contribution in [3.05, 3.63) is 23.6 Å². The zero-order chi connectivity index (χ0) is 15.2. The molecule has 0 radical (unpaired) electrons. The molecule has 0 spiro atoms. The number of pyridine rings is 1. The standard InChI is InChI=1S/C16H24FN3O/c1-3-5-12-6-4-8-20(9-7-12)16(21)14-10-13(17)11-19-15(14)18-2/h10-12H,3-9H2,1-2H3,(H,18,19). The zero-order valence-corrected chi connectivity index (χ0v) is 12.9. The van der Waals surface area contributed by atoms with Crippen LogP contribution >= 0.6 is 0 Å². The molecule has 2 rings (SSSR count). The number of amides is 1. The fourth-order valence-electron chi connectivity index (χ4n) is 3.04. The fraction of sp³-hybridized carbons (Fsp3) is 0.625. The lowest BCUT2D eigenvalue weighted by molar-refractivity contribution is 0.0760. The molecule has 1 aromatic rings. The first kappa shape index (κ1) is 15.7. The predicted molar refractivity (Wildman–Crippen MR) is 81.9 cm³/mol. The van der Waals surface area contributed by atoms with Gasteiger partial charge in [0.2, 0.25) is 0 Å². The van der Waals surface area contributed by atoms with E-state index in [-0.39, 0.29) is 5.91 Å². The van der Waals surface area contributed by atoms with Crippen molar-refractivity contribution in [1.82, 2.24) is 9.88 Å². The van der Waals surface area contributed by atoms with Crippen LogP contribution < -0.4 is 5.32 Å². The van der Waals surface area contributed by atoms with Gasteiger partial charge < -0.3 is 10.2 Å². The van der Waals surface area contributed by atoms with Crippen LogP contribution in [0.4, 0.5) is 10.2 Å². The maximum Gasteiger partial charge on any atom is 0.257 e. The van der Waals surface area contributed by atoms with Gasteiger partial charge in [0.15, 0.2) is 0 Å². The Hall–Kier alpha value is -1.65. The molecule has 116 valence electrons. The number of hydrogen-bond donors (Lipinski definition) is 1. The second-order valence-electron chi connectivity index (χ2n) is 5.68. The van der Waals surface area contributed by atoms with Gasteiger partial charge in [-0.3, -0.25) is 4.79 Å². The molecule has 21 heavy (non-hydrogen) atoms. The van der Waals surface area contributed by atoms with Crippen molar-refractivity contribution in [2.75, 3.05) is 25.5 Å². The maximum atomic E-state index is 13.4. The summed E-state index contributed by atoms with van der Waals surface area (Å²) in [5, 5.41) is 2.86. The summed E-state index contributed by atoms with van der Waals surface area (Å²) in [6.07, 6.45) is 6.78. The highest BCUT2D eigenvalue weighted by molar-refractivity contribution is 5.98. The van der Waals surface area contributed by atoms with Crippen LogP contribution in [0, 0.1) is 11.7 Å². The SMILES string of the molecule is CCCC1CCCN(C(=O)c2cc(F)cnc2NC)CC1. The van der Waals surface area contributed by atoms with Gasteiger partial charge in [0, 0.05) is 20.1 Å². The van der Waals surface area contributed by atoms with Crippen LogP contribution in [0.25, 0.3) is 0 Å². The van der Waals surface area contributed by atoms with Crippen molar-refractivity contribution in [3.63, 3.8) is 0 Å². The Labute approximate surface area is 125 Å². The number of hydrogen-bond acceptors (Lipinski definition) is 3. The quantitative estimate of drug-likeness (QED) is 0.926. The number of halogens is 1. The molecule has 1 unspecified atom stereocenters. The van der Waals surface area contributed by atoms with Crippen LogP contribution in [0.1, 0.15) is 49.4 Å². The summed E-state index contributed by atoms with van der Waals surface area (Å²) in [5.41, 5.74) is 0.325. The number of carbonyl (C=O) groups excluding carboxylic acids is 1. The third-order valence-corrected chi connectivity index (χ3v) is 4.15. The van der Waals surface area contributed by atoms with E-state index in [9.17, 15) is 9.18 Å². The number of nitrogens with zero attached hydrogens (tertiary/aromatic N) is 2. The molecule has 1 aromatic heterocycles. The second-order valence-corrected chi connectivity index (χ2v) is 5.68. The Kier molecular flexibility index (Phi) is 5.53. The van der Waals surface area contributed by atoms with Gasteiger partial charge in [0.1, 0.15) is 11.6 Å². The molecule has 0 saturated carbocycles. The van der Waals surface area contributed by atoms with Gasteiger partial charge in [0.05, 0.1) is 11.8 Å². The summed E-state index contributed by atoms with van der Waals surface area (Å²) in [5.74, 6) is 0.553. The normalized spacial score (nSPS) is 19.2. The third kappa shape index (κ3) is 3.93. The average molecular weight is 293 g/mol. The van der Waals surface area contributed by atoms with Crippen molar-refractivity contribution >= 4 is 11.7 Å². The Morgan fingerprint density at radius 1 is 1.48 bits per heavy atom. The van der Waals surface area contributed by atoms with Gasteiger partial charge in [-0.05, 0) is 31.2 Å². The number of carbonyl (C=O) groups is 1. The molecular weight excluding hydrogens is 269 g/mol.